The Bertz CT molecular complexity index is 926. The molecule has 9 nitrogen and oxygen atoms in total. The number of carbonyl (C=O) groups excluding carboxylic acids is 3. The van der Waals surface area contributed by atoms with Gasteiger partial charge in [0.2, 0.25) is 11.8 Å². The molecule has 0 unspecified atom stereocenters. The van der Waals surface area contributed by atoms with Crippen molar-refractivity contribution in [2.75, 3.05) is 23.3 Å². The molecule has 0 atom stereocenters. The third-order valence-electron chi connectivity index (χ3n) is 4.26. The SMILES string of the molecule is O=C(CNC(=O)c1cccc([N+](=O)[O-])c1)Nc1ccc(N2CCCC2=O)cc1. The van der Waals surface area contributed by atoms with E-state index >= 15 is 0 Å². The molecule has 2 aromatic carbocycles. The number of nitro groups is 1. The molecule has 28 heavy (non-hydrogen) atoms. The van der Waals surface area contributed by atoms with Gasteiger partial charge in [0.25, 0.3) is 11.6 Å². The molecule has 1 saturated heterocycles. The highest BCUT2D eigenvalue weighted by molar-refractivity contribution is 6.00. The van der Waals surface area contributed by atoms with Crippen LogP contribution in [0.4, 0.5) is 17.1 Å². The van der Waals surface area contributed by atoms with Gasteiger partial charge in [0.15, 0.2) is 0 Å². The van der Waals surface area contributed by atoms with Crippen LogP contribution in [0.5, 0.6) is 0 Å². The molecule has 0 aromatic heterocycles. The molecular weight excluding hydrogens is 364 g/mol. The fraction of sp³-hybridized carbons (Fsp3) is 0.211. The lowest BCUT2D eigenvalue weighted by Gasteiger charge is -2.16. The van der Waals surface area contributed by atoms with Crippen LogP contribution in [0.3, 0.4) is 0 Å². The summed E-state index contributed by atoms with van der Waals surface area (Å²) in [5, 5.41) is 15.8. The summed E-state index contributed by atoms with van der Waals surface area (Å²) in [6.45, 7) is 0.405. The number of anilines is 2. The van der Waals surface area contributed by atoms with E-state index in [4.69, 9.17) is 0 Å². The van der Waals surface area contributed by atoms with E-state index < -0.39 is 16.7 Å². The predicted molar refractivity (Wildman–Crippen MR) is 102 cm³/mol. The second-order valence-corrected chi connectivity index (χ2v) is 6.23. The monoisotopic (exact) mass is 382 g/mol. The Balaban J connectivity index is 1.53. The molecule has 0 bridgehead atoms. The summed E-state index contributed by atoms with van der Waals surface area (Å²) in [7, 11) is 0. The predicted octanol–water partition coefficient (Wildman–Crippen LogP) is 2.09. The molecule has 1 aliphatic rings. The fourth-order valence-corrected chi connectivity index (χ4v) is 2.87. The number of rotatable bonds is 6. The maximum Gasteiger partial charge on any atom is 0.270 e. The maximum absolute atomic E-state index is 12.0. The highest BCUT2D eigenvalue weighted by Gasteiger charge is 2.21. The Morgan fingerprint density at radius 1 is 1.14 bits per heavy atom. The van der Waals surface area contributed by atoms with E-state index in [9.17, 15) is 24.5 Å². The van der Waals surface area contributed by atoms with Crippen LogP contribution in [0.2, 0.25) is 0 Å². The van der Waals surface area contributed by atoms with Crippen molar-refractivity contribution < 1.29 is 19.3 Å². The number of hydrogen-bond acceptors (Lipinski definition) is 5. The van der Waals surface area contributed by atoms with E-state index in [1.54, 1.807) is 29.2 Å². The topological polar surface area (TPSA) is 122 Å². The van der Waals surface area contributed by atoms with Crippen LogP contribution in [0.1, 0.15) is 23.2 Å². The number of nitrogens with zero attached hydrogens (tertiary/aromatic N) is 2. The Labute approximate surface area is 160 Å². The van der Waals surface area contributed by atoms with Gasteiger partial charge in [-0.15, -0.1) is 0 Å². The van der Waals surface area contributed by atoms with Crippen molar-refractivity contribution in [2.24, 2.45) is 0 Å². The van der Waals surface area contributed by atoms with Gasteiger partial charge in [-0.3, -0.25) is 24.5 Å². The van der Waals surface area contributed by atoms with Crippen LogP contribution in [0.15, 0.2) is 48.5 Å². The average Bonchev–Trinajstić information content (AvgIpc) is 3.12. The maximum atomic E-state index is 12.0. The van der Waals surface area contributed by atoms with Gasteiger partial charge in [-0.05, 0) is 36.8 Å². The minimum Gasteiger partial charge on any atom is -0.343 e. The number of benzene rings is 2. The van der Waals surface area contributed by atoms with Gasteiger partial charge in [0, 0.05) is 42.0 Å². The smallest absolute Gasteiger partial charge is 0.270 e. The lowest BCUT2D eigenvalue weighted by atomic mass is 10.2. The third-order valence-corrected chi connectivity index (χ3v) is 4.26. The number of hydrogen-bond donors (Lipinski definition) is 2. The van der Waals surface area contributed by atoms with Crippen LogP contribution in [-0.2, 0) is 9.59 Å². The summed E-state index contributed by atoms with van der Waals surface area (Å²) in [5.74, 6) is -0.939. The molecule has 1 heterocycles. The largest absolute Gasteiger partial charge is 0.343 e. The fourth-order valence-electron chi connectivity index (χ4n) is 2.87. The second kappa shape index (κ2) is 8.30. The van der Waals surface area contributed by atoms with Crippen molar-refractivity contribution in [3.05, 3.63) is 64.2 Å². The van der Waals surface area contributed by atoms with Crippen molar-refractivity contribution in [1.82, 2.24) is 5.32 Å². The lowest BCUT2D eigenvalue weighted by Crippen LogP contribution is -2.32. The van der Waals surface area contributed by atoms with Crippen molar-refractivity contribution in [1.29, 1.82) is 0 Å². The van der Waals surface area contributed by atoms with E-state index in [-0.39, 0.29) is 23.7 Å². The standard InChI is InChI=1S/C19H18N4O5/c24-17(12-20-19(26)13-3-1-4-16(11-13)23(27)28)21-14-6-8-15(9-7-14)22-10-2-5-18(22)25/h1,3-4,6-9,11H,2,5,10,12H2,(H,20,26)(H,21,24). The van der Waals surface area contributed by atoms with Gasteiger partial charge in [-0.1, -0.05) is 6.07 Å². The zero-order chi connectivity index (χ0) is 20.1. The number of nitrogens with one attached hydrogen (secondary N) is 2. The Hall–Kier alpha value is -3.75. The lowest BCUT2D eigenvalue weighted by molar-refractivity contribution is -0.384. The highest BCUT2D eigenvalue weighted by Crippen LogP contribution is 2.23. The minimum atomic E-state index is -0.594. The van der Waals surface area contributed by atoms with Crippen molar-refractivity contribution in [3.63, 3.8) is 0 Å². The second-order valence-electron chi connectivity index (χ2n) is 6.23. The van der Waals surface area contributed by atoms with Crippen molar-refractivity contribution in [2.45, 2.75) is 12.8 Å². The molecular formula is C19H18N4O5. The summed E-state index contributed by atoms with van der Waals surface area (Å²) >= 11 is 0. The average molecular weight is 382 g/mol. The summed E-state index contributed by atoms with van der Waals surface area (Å²) in [6, 6.07) is 12.1. The number of amides is 3. The summed E-state index contributed by atoms with van der Waals surface area (Å²) in [4.78, 5) is 47.7. The zero-order valence-corrected chi connectivity index (χ0v) is 14.9. The third kappa shape index (κ3) is 4.50. The molecule has 0 spiro atoms. The Morgan fingerprint density at radius 2 is 1.89 bits per heavy atom. The molecule has 2 aromatic rings. The van der Waals surface area contributed by atoms with Crippen molar-refractivity contribution in [3.8, 4) is 0 Å². The first-order valence-electron chi connectivity index (χ1n) is 8.67. The summed E-state index contributed by atoms with van der Waals surface area (Å²) < 4.78 is 0. The van der Waals surface area contributed by atoms with Gasteiger partial charge in [0.1, 0.15) is 0 Å². The van der Waals surface area contributed by atoms with E-state index in [2.05, 4.69) is 10.6 Å². The van der Waals surface area contributed by atoms with E-state index in [0.29, 0.717) is 18.7 Å². The van der Waals surface area contributed by atoms with E-state index in [0.717, 1.165) is 18.2 Å². The molecule has 1 fully saturated rings. The summed E-state index contributed by atoms with van der Waals surface area (Å²) in [5.41, 5.74) is 1.21. The molecule has 0 aliphatic carbocycles. The first-order chi connectivity index (χ1) is 13.4. The van der Waals surface area contributed by atoms with Crippen LogP contribution in [0, 0.1) is 10.1 Å². The van der Waals surface area contributed by atoms with Gasteiger partial charge in [-0.25, -0.2) is 0 Å². The molecule has 2 N–H and O–H groups in total. The number of carbonyl (C=O) groups is 3. The Morgan fingerprint density at radius 3 is 2.54 bits per heavy atom. The zero-order valence-electron chi connectivity index (χ0n) is 14.9. The van der Waals surface area contributed by atoms with E-state index in [1.807, 2.05) is 0 Å². The number of non-ortho nitro benzene ring substituents is 1. The van der Waals surface area contributed by atoms with Crippen molar-refractivity contribution >= 4 is 34.8 Å². The quantitative estimate of drug-likeness (QED) is 0.585. The summed E-state index contributed by atoms with van der Waals surface area (Å²) in [6.07, 6.45) is 1.38. The number of nitro benzene ring substituents is 1. The van der Waals surface area contributed by atoms with Gasteiger partial charge in [-0.2, -0.15) is 0 Å². The normalized spacial score (nSPS) is 13.3. The van der Waals surface area contributed by atoms with Crippen LogP contribution < -0.4 is 15.5 Å². The van der Waals surface area contributed by atoms with Crippen LogP contribution in [0.25, 0.3) is 0 Å². The molecule has 9 heteroatoms. The first-order valence-corrected chi connectivity index (χ1v) is 8.67. The molecule has 3 amide bonds. The molecule has 3 rings (SSSR count). The van der Waals surface area contributed by atoms with E-state index in [1.165, 1.54) is 18.2 Å². The van der Waals surface area contributed by atoms with Crippen LogP contribution in [-0.4, -0.2) is 35.7 Å². The van der Waals surface area contributed by atoms with Gasteiger partial charge >= 0.3 is 0 Å². The first kappa shape index (κ1) is 19.0. The minimum absolute atomic E-state index is 0.0839. The molecule has 144 valence electrons. The highest BCUT2D eigenvalue weighted by atomic mass is 16.6. The van der Waals surface area contributed by atoms with Gasteiger partial charge < -0.3 is 15.5 Å². The van der Waals surface area contributed by atoms with Gasteiger partial charge in [0.05, 0.1) is 11.5 Å². The molecule has 1 aliphatic heterocycles. The molecule has 0 radical (unpaired) electrons. The van der Waals surface area contributed by atoms with Crippen LogP contribution >= 0.6 is 0 Å². The molecule has 0 saturated carbocycles. The Kier molecular flexibility index (Phi) is 5.64.